The van der Waals surface area contributed by atoms with Crippen LogP contribution in [-0.2, 0) is 4.79 Å². The van der Waals surface area contributed by atoms with E-state index >= 15 is 0 Å². The topological polar surface area (TPSA) is 40.5 Å². The number of hydrogen-bond donors (Lipinski definition) is 1. The van der Waals surface area contributed by atoms with Crippen molar-refractivity contribution in [2.75, 3.05) is 18.1 Å². The fourth-order valence-corrected chi connectivity index (χ4v) is 3.00. The molecule has 1 rings (SSSR count). The molecule has 0 aromatic carbocycles. The van der Waals surface area contributed by atoms with Crippen molar-refractivity contribution >= 4 is 17.7 Å². The van der Waals surface area contributed by atoms with Crippen LogP contribution in [0.25, 0.3) is 0 Å². The molecule has 1 fully saturated rings. The molecule has 0 aliphatic carbocycles. The SMILES string of the molecule is CC(C)C(C(=O)O)N1CCSCC1C. The summed E-state index contributed by atoms with van der Waals surface area (Å²) in [5.74, 6) is 1.61. The Bertz CT molecular complexity index is 208. The van der Waals surface area contributed by atoms with Gasteiger partial charge in [0, 0.05) is 24.1 Å². The fourth-order valence-electron chi connectivity index (χ4n) is 1.96. The van der Waals surface area contributed by atoms with Crippen LogP contribution < -0.4 is 0 Å². The number of rotatable bonds is 3. The maximum absolute atomic E-state index is 11.1. The molecule has 1 aliphatic heterocycles. The van der Waals surface area contributed by atoms with Crippen LogP contribution in [0.15, 0.2) is 0 Å². The molecular formula is C10H19NO2S. The molecule has 0 radical (unpaired) electrons. The lowest BCUT2D eigenvalue weighted by atomic mass is 10.0. The summed E-state index contributed by atoms with van der Waals surface area (Å²) in [6.45, 7) is 6.98. The van der Waals surface area contributed by atoms with Crippen molar-refractivity contribution in [2.45, 2.75) is 32.9 Å². The number of aliphatic carboxylic acids is 1. The summed E-state index contributed by atoms with van der Waals surface area (Å²) in [7, 11) is 0. The maximum atomic E-state index is 11.1. The molecule has 4 heteroatoms. The number of nitrogens with zero attached hydrogens (tertiary/aromatic N) is 1. The first kappa shape index (κ1) is 11.9. The highest BCUT2D eigenvalue weighted by Crippen LogP contribution is 2.22. The lowest BCUT2D eigenvalue weighted by Gasteiger charge is -2.38. The van der Waals surface area contributed by atoms with E-state index in [0.29, 0.717) is 6.04 Å². The second-order valence-electron chi connectivity index (χ2n) is 4.19. The van der Waals surface area contributed by atoms with Crippen LogP contribution >= 0.6 is 11.8 Å². The lowest BCUT2D eigenvalue weighted by Crippen LogP contribution is -2.52. The Hall–Kier alpha value is -0.220. The third-order valence-electron chi connectivity index (χ3n) is 2.66. The van der Waals surface area contributed by atoms with Gasteiger partial charge >= 0.3 is 5.97 Å². The van der Waals surface area contributed by atoms with E-state index < -0.39 is 5.97 Å². The van der Waals surface area contributed by atoms with Gasteiger partial charge in [-0.05, 0) is 12.8 Å². The molecule has 1 N–H and O–H groups in total. The minimum absolute atomic E-state index is 0.179. The molecule has 2 atom stereocenters. The van der Waals surface area contributed by atoms with Gasteiger partial charge in [-0.25, -0.2) is 0 Å². The summed E-state index contributed by atoms with van der Waals surface area (Å²) in [4.78, 5) is 13.3. The molecule has 1 aliphatic rings. The number of carboxylic acids is 1. The second kappa shape index (κ2) is 5.03. The van der Waals surface area contributed by atoms with Crippen molar-refractivity contribution in [2.24, 2.45) is 5.92 Å². The Kier molecular flexibility index (Phi) is 4.26. The van der Waals surface area contributed by atoms with Crippen LogP contribution in [0, 0.1) is 5.92 Å². The van der Waals surface area contributed by atoms with Crippen molar-refractivity contribution in [3.63, 3.8) is 0 Å². The van der Waals surface area contributed by atoms with Crippen LogP contribution in [-0.4, -0.2) is 46.1 Å². The van der Waals surface area contributed by atoms with Gasteiger partial charge < -0.3 is 5.11 Å². The molecule has 0 aromatic rings. The molecule has 0 spiro atoms. The van der Waals surface area contributed by atoms with E-state index in [1.165, 1.54) is 0 Å². The Morgan fingerprint density at radius 3 is 2.64 bits per heavy atom. The molecule has 14 heavy (non-hydrogen) atoms. The average Bonchev–Trinajstić information content (AvgIpc) is 2.07. The van der Waals surface area contributed by atoms with Crippen LogP contribution in [0.5, 0.6) is 0 Å². The standard InChI is InChI=1S/C10H19NO2S/c1-7(2)9(10(12)13)11-4-5-14-6-8(11)3/h7-9H,4-6H2,1-3H3,(H,12,13). The zero-order valence-corrected chi connectivity index (χ0v) is 9.88. The Labute approximate surface area is 89.9 Å². The first-order valence-electron chi connectivity index (χ1n) is 5.10. The summed E-state index contributed by atoms with van der Waals surface area (Å²) in [6.07, 6.45) is 0. The summed E-state index contributed by atoms with van der Waals surface area (Å²) in [5.41, 5.74) is 0. The van der Waals surface area contributed by atoms with Gasteiger partial charge in [0.05, 0.1) is 0 Å². The summed E-state index contributed by atoms with van der Waals surface area (Å²) in [5, 5.41) is 9.17. The molecule has 0 bridgehead atoms. The molecular weight excluding hydrogens is 198 g/mol. The van der Waals surface area contributed by atoms with Crippen LogP contribution in [0.2, 0.25) is 0 Å². The zero-order valence-electron chi connectivity index (χ0n) is 9.06. The van der Waals surface area contributed by atoms with Crippen molar-refractivity contribution in [1.82, 2.24) is 4.90 Å². The van der Waals surface area contributed by atoms with E-state index in [2.05, 4.69) is 11.8 Å². The summed E-state index contributed by atoms with van der Waals surface area (Å²) in [6, 6.07) is 0.0724. The van der Waals surface area contributed by atoms with E-state index in [1.807, 2.05) is 25.6 Å². The predicted molar refractivity (Wildman–Crippen MR) is 59.8 cm³/mol. The highest BCUT2D eigenvalue weighted by atomic mass is 32.2. The maximum Gasteiger partial charge on any atom is 0.321 e. The first-order chi connectivity index (χ1) is 6.54. The van der Waals surface area contributed by atoms with Crippen molar-refractivity contribution < 1.29 is 9.90 Å². The van der Waals surface area contributed by atoms with Crippen molar-refractivity contribution in [1.29, 1.82) is 0 Å². The zero-order chi connectivity index (χ0) is 10.7. The molecule has 0 aromatic heterocycles. The summed E-state index contributed by atoms with van der Waals surface area (Å²) < 4.78 is 0. The van der Waals surface area contributed by atoms with Gasteiger partial charge in [0.2, 0.25) is 0 Å². The van der Waals surface area contributed by atoms with E-state index in [4.69, 9.17) is 5.11 Å². The van der Waals surface area contributed by atoms with Crippen LogP contribution in [0.3, 0.4) is 0 Å². The van der Waals surface area contributed by atoms with Gasteiger partial charge in [-0.15, -0.1) is 0 Å². The molecule has 3 nitrogen and oxygen atoms in total. The van der Waals surface area contributed by atoms with E-state index in [0.717, 1.165) is 18.1 Å². The average molecular weight is 217 g/mol. The fraction of sp³-hybridized carbons (Fsp3) is 0.900. The number of carboxylic acid groups (broad SMARTS) is 1. The van der Waals surface area contributed by atoms with Crippen LogP contribution in [0.1, 0.15) is 20.8 Å². The highest BCUT2D eigenvalue weighted by molar-refractivity contribution is 7.99. The van der Waals surface area contributed by atoms with Gasteiger partial charge in [-0.3, -0.25) is 9.69 Å². The third-order valence-corrected chi connectivity index (χ3v) is 3.85. The van der Waals surface area contributed by atoms with Crippen molar-refractivity contribution in [3.05, 3.63) is 0 Å². The third kappa shape index (κ3) is 2.64. The van der Waals surface area contributed by atoms with E-state index in [-0.39, 0.29) is 12.0 Å². The number of carbonyl (C=O) groups is 1. The Morgan fingerprint density at radius 1 is 1.57 bits per heavy atom. The predicted octanol–water partition coefficient (Wildman–Crippen LogP) is 1.53. The number of thioether (sulfide) groups is 1. The molecule has 82 valence electrons. The van der Waals surface area contributed by atoms with Gasteiger partial charge in [-0.2, -0.15) is 11.8 Å². The first-order valence-corrected chi connectivity index (χ1v) is 6.25. The highest BCUT2D eigenvalue weighted by Gasteiger charge is 2.33. The Balaban J connectivity index is 2.70. The minimum Gasteiger partial charge on any atom is -0.480 e. The van der Waals surface area contributed by atoms with Gasteiger partial charge in [0.25, 0.3) is 0 Å². The van der Waals surface area contributed by atoms with Gasteiger partial charge in [0.15, 0.2) is 0 Å². The smallest absolute Gasteiger partial charge is 0.321 e. The second-order valence-corrected chi connectivity index (χ2v) is 5.34. The number of hydrogen-bond acceptors (Lipinski definition) is 3. The largest absolute Gasteiger partial charge is 0.480 e. The quantitative estimate of drug-likeness (QED) is 0.778. The van der Waals surface area contributed by atoms with E-state index in [9.17, 15) is 4.79 Å². The molecule has 2 unspecified atom stereocenters. The van der Waals surface area contributed by atoms with Gasteiger partial charge in [0.1, 0.15) is 6.04 Å². The van der Waals surface area contributed by atoms with Crippen LogP contribution in [0.4, 0.5) is 0 Å². The normalized spacial score (nSPS) is 26.4. The molecule has 0 amide bonds. The molecule has 1 heterocycles. The molecule has 1 saturated heterocycles. The Morgan fingerprint density at radius 2 is 2.21 bits per heavy atom. The lowest BCUT2D eigenvalue weighted by molar-refractivity contribution is -0.145. The van der Waals surface area contributed by atoms with Gasteiger partial charge in [-0.1, -0.05) is 13.8 Å². The van der Waals surface area contributed by atoms with E-state index in [1.54, 1.807) is 0 Å². The molecule has 0 saturated carbocycles. The monoisotopic (exact) mass is 217 g/mol. The summed E-state index contributed by atoms with van der Waals surface area (Å²) >= 11 is 1.91. The van der Waals surface area contributed by atoms with Crippen molar-refractivity contribution in [3.8, 4) is 0 Å². The minimum atomic E-state index is -0.682.